The summed E-state index contributed by atoms with van der Waals surface area (Å²) < 4.78 is 55.4. The van der Waals surface area contributed by atoms with E-state index in [1.807, 2.05) is 121 Å². The monoisotopic (exact) mass is 972 g/mol. The Hall–Kier alpha value is -7.03. The maximum Gasteiger partial charge on any atom is 0.239 e. The number of hydrogen-bond donors (Lipinski definition) is 7. The molecule has 9 atom stereocenters. The minimum atomic E-state index is -2.02. The number of fused-ring (bicyclic) bond motifs is 1. The van der Waals surface area contributed by atoms with Crippen LogP contribution in [0.15, 0.2) is 155 Å². The van der Waals surface area contributed by atoms with E-state index in [1.165, 1.54) is 12.1 Å². The lowest BCUT2D eigenvalue weighted by atomic mass is 9.98. The molecule has 6 aromatic carbocycles. The van der Waals surface area contributed by atoms with Gasteiger partial charge in [-0.25, -0.2) is 0 Å². The first kappa shape index (κ1) is 49.0. The number of hydrogen-bond acceptors (Lipinski definition) is 17. The molecule has 0 radical (unpaired) electrons. The van der Waals surface area contributed by atoms with E-state index in [-0.39, 0.29) is 71.7 Å². The number of phenolic OH excluding ortho intramolecular Hbond substituents is 1. The highest BCUT2D eigenvalue weighted by molar-refractivity contribution is 5.88. The van der Waals surface area contributed by atoms with Crippen LogP contribution >= 0.6 is 0 Å². The van der Waals surface area contributed by atoms with Crippen molar-refractivity contribution >= 4 is 11.0 Å². The van der Waals surface area contributed by atoms with Gasteiger partial charge in [0.25, 0.3) is 0 Å². The fraction of sp³-hybridized carbons (Fsp3) is 0.278. The van der Waals surface area contributed by atoms with Crippen LogP contribution in [-0.4, -0.2) is 104 Å². The van der Waals surface area contributed by atoms with Crippen LogP contribution in [0, 0.1) is 0 Å². The van der Waals surface area contributed by atoms with Crippen LogP contribution < -0.4 is 29.1 Å². The molecule has 17 heteroatoms. The Morgan fingerprint density at radius 1 is 0.563 bits per heavy atom. The Kier molecular flexibility index (Phi) is 15.4. The third-order valence-corrected chi connectivity index (χ3v) is 11.9. The van der Waals surface area contributed by atoms with Crippen LogP contribution in [0.5, 0.6) is 34.5 Å². The smallest absolute Gasteiger partial charge is 0.239 e. The zero-order valence-electron chi connectivity index (χ0n) is 38.0. The van der Waals surface area contributed by atoms with Crippen molar-refractivity contribution in [1.29, 1.82) is 0 Å². The fourth-order valence-corrected chi connectivity index (χ4v) is 8.13. The first-order chi connectivity index (χ1) is 34.5. The normalized spacial score (nSPS) is 23.2. The molecule has 71 heavy (non-hydrogen) atoms. The number of rotatable bonds is 18. The first-order valence-electron chi connectivity index (χ1n) is 22.8. The summed E-state index contributed by atoms with van der Waals surface area (Å²) >= 11 is 0. The maximum atomic E-state index is 14.9. The van der Waals surface area contributed by atoms with E-state index in [1.54, 1.807) is 12.1 Å². The number of benzene rings is 6. The molecule has 0 aliphatic carbocycles. The van der Waals surface area contributed by atoms with Crippen LogP contribution in [0.4, 0.5) is 0 Å². The molecule has 17 nitrogen and oxygen atoms in total. The van der Waals surface area contributed by atoms with Crippen molar-refractivity contribution in [3.05, 3.63) is 178 Å². The predicted octanol–water partition coefficient (Wildman–Crippen LogP) is 5.12. The summed E-state index contributed by atoms with van der Waals surface area (Å²) in [7, 11) is 0. The second-order valence-corrected chi connectivity index (χ2v) is 17.0. The number of aliphatic hydroxyl groups excluding tert-OH is 6. The van der Waals surface area contributed by atoms with Crippen molar-refractivity contribution in [1.82, 2.24) is 0 Å². The predicted molar refractivity (Wildman–Crippen MR) is 254 cm³/mol. The first-order valence-corrected chi connectivity index (χ1v) is 22.8. The highest BCUT2D eigenvalue weighted by Gasteiger charge is 2.50. The van der Waals surface area contributed by atoms with Crippen LogP contribution in [0.25, 0.3) is 22.3 Å². The standard InChI is InChI=1S/C54H52O17/c55-25-42-51(70-53-47(61)44(58)38(57)30-67-53)46(60)48(62)54(69-42)71-52-45(59)43-37(56)23-36(63-26-31-13-5-1-6-14-31)24-39(43)68-49(52)35-21-40(64-27-32-15-7-2-8-16-32)50(66-29-34-19-11-4-12-20-34)41(22-35)65-28-33-17-9-3-10-18-33/h1-24,38,42,44,46-48,51,53-58,60-62H,25-30H2/t38-,42?,44-,46?,47?,48+,51+,53?,54?/m0/s1. The molecule has 2 saturated heterocycles. The van der Waals surface area contributed by atoms with Crippen LogP contribution in [-0.2, 0) is 40.6 Å². The van der Waals surface area contributed by atoms with Crippen molar-refractivity contribution in [3.8, 4) is 45.8 Å². The van der Waals surface area contributed by atoms with Gasteiger partial charge in [-0.15, -0.1) is 0 Å². The Bertz CT molecular complexity index is 2840. The number of ether oxygens (including phenoxy) is 8. The molecule has 0 bridgehead atoms. The molecular weight excluding hydrogens is 921 g/mol. The van der Waals surface area contributed by atoms with Crippen molar-refractivity contribution in [2.24, 2.45) is 0 Å². The van der Waals surface area contributed by atoms with Gasteiger partial charge >= 0.3 is 0 Å². The van der Waals surface area contributed by atoms with Gasteiger partial charge in [0.15, 0.2) is 23.5 Å². The van der Waals surface area contributed by atoms with Gasteiger partial charge in [-0.2, -0.15) is 0 Å². The van der Waals surface area contributed by atoms with E-state index in [4.69, 9.17) is 42.3 Å². The van der Waals surface area contributed by atoms with E-state index < -0.39 is 85.4 Å². The highest BCUT2D eigenvalue weighted by atomic mass is 16.7. The Morgan fingerprint density at radius 2 is 1.07 bits per heavy atom. The van der Waals surface area contributed by atoms with E-state index in [2.05, 4.69) is 0 Å². The summed E-state index contributed by atoms with van der Waals surface area (Å²) in [5, 5.41) is 75.5. The van der Waals surface area contributed by atoms with E-state index in [0.717, 1.165) is 22.3 Å². The molecule has 2 aliphatic rings. The summed E-state index contributed by atoms with van der Waals surface area (Å²) in [6.07, 6.45) is -15.5. The van der Waals surface area contributed by atoms with Crippen molar-refractivity contribution in [2.45, 2.75) is 81.7 Å². The molecule has 7 N–H and O–H groups in total. The molecule has 7 aromatic rings. The van der Waals surface area contributed by atoms with Crippen molar-refractivity contribution in [3.63, 3.8) is 0 Å². The largest absolute Gasteiger partial charge is 0.507 e. The summed E-state index contributed by atoms with van der Waals surface area (Å²) in [5.41, 5.74) is 2.38. The number of phenols is 1. The van der Waals surface area contributed by atoms with Crippen LogP contribution in [0.3, 0.4) is 0 Å². The van der Waals surface area contributed by atoms with E-state index in [0.29, 0.717) is 0 Å². The Labute approximate surface area is 406 Å². The van der Waals surface area contributed by atoms with Gasteiger partial charge in [-0.1, -0.05) is 121 Å². The van der Waals surface area contributed by atoms with Gasteiger partial charge in [-0.3, -0.25) is 4.79 Å². The zero-order valence-corrected chi connectivity index (χ0v) is 38.0. The average molecular weight is 973 g/mol. The summed E-state index contributed by atoms with van der Waals surface area (Å²) in [5.74, 6) is -0.727. The lowest BCUT2D eigenvalue weighted by Gasteiger charge is -2.44. The molecule has 2 aliphatic heterocycles. The molecule has 0 amide bonds. The minimum absolute atomic E-state index is 0.0688. The zero-order chi connectivity index (χ0) is 49.4. The quantitative estimate of drug-likeness (QED) is 0.0590. The van der Waals surface area contributed by atoms with Gasteiger partial charge in [-0.05, 0) is 34.4 Å². The maximum absolute atomic E-state index is 14.9. The number of aliphatic hydroxyl groups is 6. The Morgan fingerprint density at radius 3 is 1.61 bits per heavy atom. The van der Waals surface area contributed by atoms with Gasteiger partial charge in [0.1, 0.15) is 91.6 Å². The molecule has 1 aromatic heterocycles. The van der Waals surface area contributed by atoms with Gasteiger partial charge in [0.05, 0.1) is 13.2 Å². The third kappa shape index (κ3) is 11.3. The molecule has 370 valence electrons. The lowest BCUT2D eigenvalue weighted by molar-refractivity contribution is -0.339. The second kappa shape index (κ2) is 22.4. The molecule has 2 fully saturated rings. The van der Waals surface area contributed by atoms with Crippen LogP contribution in [0.2, 0.25) is 0 Å². The van der Waals surface area contributed by atoms with Crippen molar-refractivity contribution < 1.29 is 78.1 Å². The molecule has 0 saturated carbocycles. The minimum Gasteiger partial charge on any atom is -0.507 e. The lowest BCUT2D eigenvalue weighted by Crippen LogP contribution is -2.63. The second-order valence-electron chi connectivity index (χ2n) is 17.0. The van der Waals surface area contributed by atoms with Gasteiger partial charge in [0.2, 0.25) is 23.2 Å². The summed E-state index contributed by atoms with van der Waals surface area (Å²) in [4.78, 5) is 14.9. The SMILES string of the molecule is O=c1c(OC2OC(CO)[C@@H](OC3OC[C@H](O)[C@H](O)C3O)C(O)[C@H]2O)c(-c2cc(OCc3ccccc3)c(OCc3ccccc3)c(OCc3ccccc3)c2)oc2cc(OCc3ccccc3)cc(O)c12. The average Bonchev–Trinajstić information content (AvgIpc) is 3.40. The summed E-state index contributed by atoms with van der Waals surface area (Å²) in [6.45, 7) is -0.917. The summed E-state index contributed by atoms with van der Waals surface area (Å²) in [6, 6.07) is 43.3. The topological polar surface area (TPSA) is 246 Å². The van der Waals surface area contributed by atoms with Gasteiger partial charge in [0, 0.05) is 17.7 Å². The van der Waals surface area contributed by atoms with Gasteiger partial charge < -0.3 is 78.1 Å². The molecule has 0 spiro atoms. The third-order valence-electron chi connectivity index (χ3n) is 11.9. The molecule has 5 unspecified atom stereocenters. The van der Waals surface area contributed by atoms with E-state index in [9.17, 15) is 40.5 Å². The molecule has 9 rings (SSSR count). The van der Waals surface area contributed by atoms with E-state index >= 15 is 0 Å². The molecule has 3 heterocycles. The van der Waals surface area contributed by atoms with Crippen molar-refractivity contribution in [2.75, 3.05) is 13.2 Å². The Balaban J connectivity index is 1.16. The number of aromatic hydroxyl groups is 1. The molecular formula is C54H52O17. The fourth-order valence-electron chi connectivity index (χ4n) is 8.13. The highest BCUT2D eigenvalue weighted by Crippen LogP contribution is 2.46. The van der Waals surface area contributed by atoms with Crippen LogP contribution in [0.1, 0.15) is 22.3 Å².